The van der Waals surface area contributed by atoms with Gasteiger partial charge in [0.05, 0.1) is 0 Å². The van der Waals surface area contributed by atoms with Gasteiger partial charge >= 0.3 is 0 Å². The Balaban J connectivity index is 1.26. The Morgan fingerprint density at radius 3 is 2.83 bits per heavy atom. The van der Waals surface area contributed by atoms with Crippen molar-refractivity contribution in [2.45, 2.75) is 25.3 Å². The summed E-state index contributed by atoms with van der Waals surface area (Å²) in [6.07, 6.45) is 8.87. The molecular weight excluding hydrogens is 222 g/mol. The molecule has 3 heteroatoms. The zero-order valence-corrected chi connectivity index (χ0v) is 11.6. The maximum Gasteiger partial charge on any atom is 0.0136 e. The number of allylic oxidation sites excluding steroid dienone is 1. The van der Waals surface area contributed by atoms with Crippen molar-refractivity contribution in [2.24, 2.45) is 11.8 Å². The third kappa shape index (κ3) is 2.79. The van der Waals surface area contributed by atoms with Crippen LogP contribution in [0.1, 0.15) is 19.3 Å². The fourth-order valence-electron chi connectivity index (χ4n) is 3.61. The molecule has 3 rings (SSSR count). The van der Waals surface area contributed by atoms with Crippen molar-refractivity contribution >= 4 is 0 Å². The molecule has 3 nitrogen and oxygen atoms in total. The van der Waals surface area contributed by atoms with Crippen molar-refractivity contribution in [3.05, 3.63) is 12.2 Å². The van der Waals surface area contributed by atoms with E-state index in [0.29, 0.717) is 0 Å². The number of hydrogen-bond acceptors (Lipinski definition) is 3. The predicted molar refractivity (Wildman–Crippen MR) is 75.7 cm³/mol. The van der Waals surface area contributed by atoms with Crippen LogP contribution < -0.4 is 5.32 Å². The molecule has 0 spiro atoms. The molecule has 0 aromatic rings. The molecule has 3 aliphatic rings. The minimum atomic E-state index is 0.793. The number of nitrogens with zero attached hydrogens (tertiary/aromatic N) is 2. The highest BCUT2D eigenvalue weighted by Gasteiger charge is 2.40. The van der Waals surface area contributed by atoms with Crippen molar-refractivity contribution < 1.29 is 0 Å². The van der Waals surface area contributed by atoms with E-state index in [0.717, 1.165) is 17.9 Å². The summed E-state index contributed by atoms with van der Waals surface area (Å²) in [5.74, 6) is 1.86. The molecule has 3 atom stereocenters. The van der Waals surface area contributed by atoms with Gasteiger partial charge in [0.2, 0.25) is 0 Å². The van der Waals surface area contributed by atoms with Gasteiger partial charge in [-0.3, -0.25) is 0 Å². The van der Waals surface area contributed by atoms with Crippen LogP contribution in [0.3, 0.4) is 0 Å². The number of hydrogen-bond donors (Lipinski definition) is 1. The van der Waals surface area contributed by atoms with Crippen LogP contribution >= 0.6 is 0 Å². The molecule has 0 amide bonds. The third-order valence-electron chi connectivity index (χ3n) is 5.02. The minimum absolute atomic E-state index is 0.793. The van der Waals surface area contributed by atoms with Crippen molar-refractivity contribution in [1.29, 1.82) is 0 Å². The average molecular weight is 249 g/mol. The Morgan fingerprint density at radius 1 is 1.22 bits per heavy atom. The molecular formula is C15H27N3. The summed E-state index contributed by atoms with van der Waals surface area (Å²) in [4.78, 5) is 5.04. The van der Waals surface area contributed by atoms with Crippen molar-refractivity contribution in [1.82, 2.24) is 15.1 Å². The first-order valence-corrected chi connectivity index (χ1v) is 7.64. The highest BCUT2D eigenvalue weighted by molar-refractivity contribution is 5.12. The maximum absolute atomic E-state index is 3.75. The fraction of sp³-hybridized carbons (Fsp3) is 0.867. The first-order chi connectivity index (χ1) is 8.83. The molecule has 1 heterocycles. The van der Waals surface area contributed by atoms with Gasteiger partial charge in [-0.25, -0.2) is 0 Å². The largest absolute Gasteiger partial charge is 0.313 e. The number of likely N-dealkylation sites (N-methyl/N-ethyl adjacent to an activating group) is 1. The zero-order valence-electron chi connectivity index (χ0n) is 11.6. The number of piperazine rings is 1. The Labute approximate surface area is 111 Å². The summed E-state index contributed by atoms with van der Waals surface area (Å²) in [6.45, 7) is 7.47. The molecule has 0 radical (unpaired) electrons. The Hall–Kier alpha value is -0.380. The van der Waals surface area contributed by atoms with Gasteiger partial charge < -0.3 is 15.1 Å². The van der Waals surface area contributed by atoms with Gasteiger partial charge in [-0.05, 0) is 51.2 Å². The van der Waals surface area contributed by atoms with E-state index in [2.05, 4.69) is 34.3 Å². The highest BCUT2D eigenvalue weighted by atomic mass is 15.2. The fourth-order valence-corrected chi connectivity index (χ4v) is 3.61. The van der Waals surface area contributed by atoms with Crippen LogP contribution in [0.2, 0.25) is 0 Å². The lowest BCUT2D eigenvalue weighted by atomic mass is 9.71. The van der Waals surface area contributed by atoms with Gasteiger partial charge in [-0.15, -0.1) is 0 Å². The van der Waals surface area contributed by atoms with Gasteiger partial charge in [0, 0.05) is 32.2 Å². The first-order valence-electron chi connectivity index (χ1n) is 7.64. The van der Waals surface area contributed by atoms with E-state index in [1.54, 1.807) is 0 Å². The lowest BCUT2D eigenvalue weighted by Crippen LogP contribution is -2.49. The van der Waals surface area contributed by atoms with Crippen LogP contribution in [-0.4, -0.2) is 62.2 Å². The van der Waals surface area contributed by atoms with Crippen molar-refractivity contribution in [3.8, 4) is 0 Å². The number of fused-ring (bicyclic) bond motifs is 1. The second-order valence-electron chi connectivity index (χ2n) is 6.30. The van der Waals surface area contributed by atoms with Gasteiger partial charge in [-0.2, -0.15) is 0 Å². The Morgan fingerprint density at radius 2 is 2.06 bits per heavy atom. The summed E-state index contributed by atoms with van der Waals surface area (Å²) in [5.41, 5.74) is 0. The van der Waals surface area contributed by atoms with Crippen LogP contribution in [-0.2, 0) is 0 Å². The molecule has 1 aliphatic heterocycles. The quantitative estimate of drug-likeness (QED) is 0.583. The Kier molecular flexibility index (Phi) is 4.02. The van der Waals surface area contributed by atoms with Crippen LogP contribution in [0, 0.1) is 11.8 Å². The average Bonchev–Trinajstić information content (AvgIpc) is 2.73. The normalized spacial score (nSPS) is 36.6. The van der Waals surface area contributed by atoms with Gasteiger partial charge in [0.1, 0.15) is 0 Å². The molecule has 18 heavy (non-hydrogen) atoms. The molecule has 0 bridgehead atoms. The number of nitrogens with one attached hydrogen (secondary N) is 1. The van der Waals surface area contributed by atoms with E-state index in [-0.39, 0.29) is 0 Å². The first kappa shape index (κ1) is 12.6. The van der Waals surface area contributed by atoms with Gasteiger partial charge in [-0.1, -0.05) is 12.2 Å². The highest BCUT2D eigenvalue weighted by Crippen LogP contribution is 2.42. The van der Waals surface area contributed by atoms with Crippen LogP contribution in [0.15, 0.2) is 12.2 Å². The number of rotatable bonds is 5. The lowest BCUT2D eigenvalue weighted by Gasteiger charge is -2.41. The van der Waals surface area contributed by atoms with E-state index in [1.165, 1.54) is 58.5 Å². The molecule has 2 fully saturated rings. The molecule has 1 saturated carbocycles. The summed E-state index contributed by atoms with van der Waals surface area (Å²) < 4.78 is 0. The molecule has 102 valence electrons. The van der Waals surface area contributed by atoms with Gasteiger partial charge in [0.25, 0.3) is 0 Å². The standard InChI is InChI=1S/C15H27N3/c1-17-8-10-18(11-9-17)7-3-6-16-15-12-13-4-2-5-14(13)15/h2,5,13-16H,3-4,6-12H2,1H3. The monoisotopic (exact) mass is 249 g/mol. The van der Waals surface area contributed by atoms with Gasteiger partial charge in [0.15, 0.2) is 0 Å². The molecule has 1 saturated heterocycles. The smallest absolute Gasteiger partial charge is 0.0136 e. The third-order valence-corrected chi connectivity index (χ3v) is 5.02. The van der Waals surface area contributed by atoms with Crippen LogP contribution in [0.5, 0.6) is 0 Å². The van der Waals surface area contributed by atoms with E-state index in [1.807, 2.05) is 0 Å². The van der Waals surface area contributed by atoms with Crippen LogP contribution in [0.25, 0.3) is 0 Å². The van der Waals surface area contributed by atoms with E-state index >= 15 is 0 Å². The summed E-state index contributed by atoms with van der Waals surface area (Å²) in [6, 6.07) is 0.793. The van der Waals surface area contributed by atoms with Crippen LogP contribution in [0.4, 0.5) is 0 Å². The topological polar surface area (TPSA) is 18.5 Å². The van der Waals surface area contributed by atoms with Crippen molar-refractivity contribution in [3.63, 3.8) is 0 Å². The Bertz CT molecular complexity index is 294. The minimum Gasteiger partial charge on any atom is -0.313 e. The SMILES string of the molecule is CN1CCN(CCCNC2CC3CC=CC32)CC1. The summed E-state index contributed by atoms with van der Waals surface area (Å²) >= 11 is 0. The maximum atomic E-state index is 3.75. The summed E-state index contributed by atoms with van der Waals surface area (Å²) in [7, 11) is 2.22. The lowest BCUT2D eigenvalue weighted by molar-refractivity contribution is 0.143. The van der Waals surface area contributed by atoms with E-state index < -0.39 is 0 Å². The second kappa shape index (κ2) is 5.72. The molecule has 3 unspecified atom stereocenters. The predicted octanol–water partition coefficient (Wildman–Crippen LogP) is 1.18. The van der Waals surface area contributed by atoms with E-state index in [9.17, 15) is 0 Å². The molecule has 2 aliphatic carbocycles. The van der Waals surface area contributed by atoms with Crippen molar-refractivity contribution in [2.75, 3.05) is 46.3 Å². The van der Waals surface area contributed by atoms with E-state index in [4.69, 9.17) is 0 Å². The molecule has 0 aromatic carbocycles. The zero-order chi connectivity index (χ0) is 12.4. The molecule has 1 N–H and O–H groups in total. The second-order valence-corrected chi connectivity index (χ2v) is 6.30. The molecule has 0 aromatic heterocycles. The summed E-state index contributed by atoms with van der Waals surface area (Å²) in [5, 5.41) is 3.75.